The molecule has 30 heavy (non-hydrogen) atoms. The molecule has 1 aliphatic heterocycles. The number of benzene rings is 1. The molecule has 0 spiro atoms. The van der Waals surface area contributed by atoms with Gasteiger partial charge in [-0.05, 0) is 12.1 Å². The number of amides is 2. The minimum absolute atomic E-state index is 0.0902. The summed E-state index contributed by atoms with van der Waals surface area (Å²) in [6.45, 7) is 0.0817. The third-order valence-corrected chi connectivity index (χ3v) is 6.66. The van der Waals surface area contributed by atoms with Gasteiger partial charge in [0.05, 0.1) is 36.0 Å². The molecule has 0 bridgehead atoms. The number of aromatic nitrogens is 3. The molecule has 0 radical (unpaired) electrons. The molecule has 1 aliphatic rings. The van der Waals surface area contributed by atoms with Crippen molar-refractivity contribution in [3.8, 4) is 0 Å². The number of carbonyl (C=O) groups is 2. The van der Waals surface area contributed by atoms with E-state index in [0.29, 0.717) is 0 Å². The molecular formula is C19H24FN5O4S. The van der Waals surface area contributed by atoms with Gasteiger partial charge >= 0.3 is 0 Å². The van der Waals surface area contributed by atoms with Crippen LogP contribution in [0.15, 0.2) is 41.4 Å². The third-order valence-electron chi connectivity index (χ3n) is 4.93. The number of rotatable bonds is 7. The van der Waals surface area contributed by atoms with E-state index in [1.165, 1.54) is 32.8 Å². The molecule has 0 unspecified atom stereocenters. The Morgan fingerprint density at radius 3 is 2.60 bits per heavy atom. The van der Waals surface area contributed by atoms with Crippen molar-refractivity contribution in [3.63, 3.8) is 0 Å². The normalized spacial score (nSPS) is 19.1. The quantitative estimate of drug-likeness (QED) is 0.634. The summed E-state index contributed by atoms with van der Waals surface area (Å²) < 4.78 is 40.3. The van der Waals surface area contributed by atoms with Crippen LogP contribution in [0, 0.1) is 0 Å². The Morgan fingerprint density at radius 1 is 1.23 bits per heavy atom. The van der Waals surface area contributed by atoms with E-state index < -0.39 is 28.0 Å². The third kappa shape index (κ3) is 5.02. The Bertz CT molecular complexity index is 1010. The number of nitrogens with zero attached hydrogens (tertiary/aromatic N) is 5. The molecule has 0 N–H and O–H groups in total. The molecule has 2 aromatic rings. The molecule has 0 aliphatic carbocycles. The van der Waals surface area contributed by atoms with Gasteiger partial charge in [0.1, 0.15) is 6.17 Å². The molecule has 1 saturated heterocycles. The van der Waals surface area contributed by atoms with Gasteiger partial charge in [-0.25, -0.2) is 17.5 Å². The van der Waals surface area contributed by atoms with Gasteiger partial charge in [0.15, 0.2) is 15.5 Å². The summed E-state index contributed by atoms with van der Waals surface area (Å²) in [4.78, 5) is 27.5. The van der Waals surface area contributed by atoms with Crippen LogP contribution in [0.2, 0.25) is 0 Å². The largest absolute Gasteiger partial charge is 0.343 e. The Kier molecular flexibility index (Phi) is 6.49. The molecule has 2 atom stereocenters. The highest BCUT2D eigenvalue weighted by molar-refractivity contribution is 7.91. The van der Waals surface area contributed by atoms with Crippen LogP contribution < -0.4 is 0 Å². The fourth-order valence-corrected chi connectivity index (χ4v) is 4.63. The van der Waals surface area contributed by atoms with Crippen LogP contribution in [-0.4, -0.2) is 83.6 Å². The summed E-state index contributed by atoms with van der Waals surface area (Å²) in [6, 6.07) is 7.41. The zero-order valence-electron chi connectivity index (χ0n) is 16.8. The maximum Gasteiger partial charge on any atom is 0.275 e. The monoisotopic (exact) mass is 437 g/mol. The van der Waals surface area contributed by atoms with Crippen molar-refractivity contribution in [2.24, 2.45) is 0 Å². The van der Waals surface area contributed by atoms with Gasteiger partial charge in [-0.3, -0.25) is 9.59 Å². The number of sulfone groups is 1. The van der Waals surface area contributed by atoms with Gasteiger partial charge in [-0.15, -0.1) is 5.10 Å². The van der Waals surface area contributed by atoms with E-state index in [4.69, 9.17) is 0 Å². The lowest BCUT2D eigenvalue weighted by molar-refractivity contribution is -0.132. The molecule has 2 heterocycles. The van der Waals surface area contributed by atoms with E-state index in [-0.39, 0.29) is 48.2 Å². The van der Waals surface area contributed by atoms with Crippen LogP contribution in [-0.2, 0) is 21.2 Å². The van der Waals surface area contributed by atoms with Gasteiger partial charge in [0.25, 0.3) is 5.91 Å². The Morgan fingerprint density at radius 2 is 1.93 bits per heavy atom. The second kappa shape index (κ2) is 8.90. The zero-order valence-corrected chi connectivity index (χ0v) is 17.6. The molecule has 11 heteroatoms. The van der Waals surface area contributed by atoms with Crippen molar-refractivity contribution < 1.29 is 22.4 Å². The minimum Gasteiger partial charge on any atom is -0.343 e. The molecule has 1 aromatic carbocycles. The number of alkyl halides is 1. The Hall–Kier alpha value is -2.82. The van der Waals surface area contributed by atoms with E-state index in [0.717, 1.165) is 0 Å². The van der Waals surface area contributed by atoms with Crippen LogP contribution in [0.1, 0.15) is 23.3 Å². The Labute approximate surface area is 174 Å². The van der Waals surface area contributed by atoms with Crippen molar-refractivity contribution >= 4 is 21.7 Å². The van der Waals surface area contributed by atoms with Crippen LogP contribution in [0.3, 0.4) is 0 Å². The first-order chi connectivity index (χ1) is 14.2. The second-order valence-electron chi connectivity index (χ2n) is 7.44. The molecule has 0 saturated carbocycles. The van der Waals surface area contributed by atoms with Crippen molar-refractivity contribution in [1.82, 2.24) is 24.8 Å². The summed E-state index contributed by atoms with van der Waals surface area (Å²) in [7, 11) is -0.414. The highest BCUT2D eigenvalue weighted by Gasteiger charge is 2.36. The van der Waals surface area contributed by atoms with Crippen molar-refractivity contribution in [1.29, 1.82) is 0 Å². The average Bonchev–Trinajstić information content (AvgIpc) is 3.33. The van der Waals surface area contributed by atoms with Crippen molar-refractivity contribution in [2.75, 3.05) is 26.4 Å². The second-order valence-corrected chi connectivity index (χ2v) is 9.55. The number of hydrogen-bond donors (Lipinski definition) is 0. The minimum atomic E-state index is -3.60. The smallest absolute Gasteiger partial charge is 0.275 e. The van der Waals surface area contributed by atoms with E-state index in [2.05, 4.69) is 10.3 Å². The molecular weight excluding hydrogens is 413 g/mol. The molecule has 3 rings (SSSR count). The van der Waals surface area contributed by atoms with Crippen LogP contribution >= 0.6 is 0 Å². The maximum absolute atomic E-state index is 14.0. The molecule has 2 amide bonds. The summed E-state index contributed by atoms with van der Waals surface area (Å²) in [5, 5.41) is 7.71. The van der Waals surface area contributed by atoms with Crippen LogP contribution in [0.25, 0.3) is 0 Å². The van der Waals surface area contributed by atoms with Crippen LogP contribution in [0.4, 0.5) is 4.39 Å². The fourth-order valence-electron chi connectivity index (χ4n) is 3.38. The predicted octanol–water partition coefficient (Wildman–Crippen LogP) is 0.783. The molecule has 162 valence electrons. The first kappa shape index (κ1) is 21.9. The molecule has 9 nitrogen and oxygen atoms in total. The number of carbonyl (C=O) groups excluding carboxylic acids is 2. The summed E-state index contributed by atoms with van der Waals surface area (Å²) >= 11 is 0. The number of likely N-dealkylation sites (tertiary alicyclic amines) is 1. The highest BCUT2D eigenvalue weighted by atomic mass is 32.2. The standard InChI is InChI=1S/C19H24FN5O4S/c1-23(2)19(27)17-13-24(22-21-17)12-15-10-14(20)11-25(15)18(26)8-9-30(28,29)16-6-4-3-5-7-16/h3-7,13-15H,8-12H2,1-2H3/t14-,15-/m0/s1. The Balaban J connectivity index is 1.64. The van der Waals surface area contributed by atoms with E-state index >= 15 is 0 Å². The summed E-state index contributed by atoms with van der Waals surface area (Å²) in [5.41, 5.74) is 0.154. The maximum atomic E-state index is 14.0. The van der Waals surface area contributed by atoms with Gasteiger partial charge < -0.3 is 9.80 Å². The van der Waals surface area contributed by atoms with Gasteiger partial charge in [0.2, 0.25) is 5.91 Å². The highest BCUT2D eigenvalue weighted by Crippen LogP contribution is 2.23. The van der Waals surface area contributed by atoms with Gasteiger partial charge in [0, 0.05) is 26.9 Å². The van der Waals surface area contributed by atoms with Gasteiger partial charge in [-0.1, -0.05) is 23.4 Å². The first-order valence-electron chi connectivity index (χ1n) is 9.50. The van der Waals surface area contributed by atoms with E-state index in [1.54, 1.807) is 32.3 Å². The van der Waals surface area contributed by atoms with Crippen molar-refractivity contribution in [2.45, 2.75) is 36.5 Å². The average molecular weight is 437 g/mol. The lowest BCUT2D eigenvalue weighted by Crippen LogP contribution is -2.39. The lowest BCUT2D eigenvalue weighted by atomic mass is 10.2. The van der Waals surface area contributed by atoms with Crippen molar-refractivity contribution in [3.05, 3.63) is 42.2 Å². The molecule has 1 fully saturated rings. The van der Waals surface area contributed by atoms with Gasteiger partial charge in [-0.2, -0.15) is 0 Å². The number of hydrogen-bond acceptors (Lipinski definition) is 6. The fraction of sp³-hybridized carbons (Fsp3) is 0.474. The molecule has 1 aromatic heterocycles. The van der Waals surface area contributed by atoms with Crippen LogP contribution in [0.5, 0.6) is 0 Å². The van der Waals surface area contributed by atoms with E-state index in [9.17, 15) is 22.4 Å². The predicted molar refractivity (Wildman–Crippen MR) is 106 cm³/mol. The topological polar surface area (TPSA) is 105 Å². The number of halogens is 1. The lowest BCUT2D eigenvalue weighted by Gasteiger charge is -2.24. The zero-order chi connectivity index (χ0) is 21.9. The SMILES string of the molecule is CN(C)C(=O)c1cn(C[C@@H]2C[C@H](F)CN2C(=O)CCS(=O)(=O)c2ccccc2)nn1. The first-order valence-corrected chi connectivity index (χ1v) is 11.2. The summed E-state index contributed by atoms with van der Waals surface area (Å²) in [6.07, 6.45) is 0.142. The van der Waals surface area contributed by atoms with E-state index in [1.807, 2.05) is 0 Å². The summed E-state index contributed by atoms with van der Waals surface area (Å²) in [5.74, 6) is -1.08.